The highest BCUT2D eigenvalue weighted by Crippen LogP contribution is 2.39. The Morgan fingerprint density at radius 1 is 1.03 bits per heavy atom. The van der Waals surface area contributed by atoms with Crippen LogP contribution in [0.15, 0.2) is 71.8 Å². The fraction of sp³-hybridized carbons (Fsp3) is 0.250. The summed E-state index contributed by atoms with van der Waals surface area (Å²) in [7, 11) is 4.60. The Morgan fingerprint density at radius 2 is 1.70 bits per heavy atom. The molecule has 3 aromatic carbocycles. The van der Waals surface area contributed by atoms with E-state index in [9.17, 15) is 9.59 Å². The predicted octanol–water partition coefficient (Wildman–Crippen LogP) is 4.29. The highest BCUT2D eigenvalue weighted by Gasteiger charge is 2.32. The lowest BCUT2D eigenvalue weighted by atomic mass is 10.1. The van der Waals surface area contributed by atoms with Crippen molar-refractivity contribution in [1.29, 1.82) is 0 Å². The molecule has 192 valence electrons. The molecule has 1 atom stereocenters. The highest BCUT2D eigenvalue weighted by atomic mass is 32.2. The van der Waals surface area contributed by atoms with Gasteiger partial charge in [-0.15, -0.1) is 11.8 Å². The average molecular weight is 520 g/mol. The van der Waals surface area contributed by atoms with Crippen LogP contribution in [0.25, 0.3) is 0 Å². The van der Waals surface area contributed by atoms with Gasteiger partial charge in [0.25, 0.3) is 5.91 Å². The number of amides is 2. The molecule has 0 spiro atoms. The van der Waals surface area contributed by atoms with Crippen LogP contribution in [-0.4, -0.2) is 56.6 Å². The molecule has 0 saturated carbocycles. The molecule has 0 bridgehead atoms. The largest absolute Gasteiger partial charge is 0.493 e. The monoisotopic (exact) mass is 519 g/mol. The summed E-state index contributed by atoms with van der Waals surface area (Å²) in [5.41, 5.74) is 5.87. The van der Waals surface area contributed by atoms with Gasteiger partial charge in [0.1, 0.15) is 5.37 Å². The Bertz CT molecular complexity index is 1240. The molecular formula is C28H29N3O5S. The van der Waals surface area contributed by atoms with Gasteiger partial charge in [-0.1, -0.05) is 42.5 Å². The first kappa shape index (κ1) is 26.1. The number of thioether (sulfide) groups is 1. The zero-order valence-electron chi connectivity index (χ0n) is 21.0. The van der Waals surface area contributed by atoms with Gasteiger partial charge in [0.05, 0.1) is 33.3 Å². The van der Waals surface area contributed by atoms with E-state index in [4.69, 9.17) is 14.2 Å². The maximum Gasteiger partial charge on any atom is 0.271 e. The van der Waals surface area contributed by atoms with Gasteiger partial charge < -0.3 is 19.1 Å². The number of methoxy groups -OCH3 is 3. The maximum atomic E-state index is 12.6. The van der Waals surface area contributed by atoms with Crippen molar-refractivity contribution >= 4 is 29.8 Å². The summed E-state index contributed by atoms with van der Waals surface area (Å²) in [4.78, 5) is 27.0. The number of ether oxygens (including phenoxy) is 3. The molecule has 1 N–H and O–H groups in total. The smallest absolute Gasteiger partial charge is 0.271 e. The SMILES string of the molecule is COc1cc(/C=N\NC(=O)c2ccc([C@@H]3SCC(=O)N3CCc3ccccc3)cc2)cc(OC)c1OC. The molecule has 0 radical (unpaired) electrons. The molecule has 1 saturated heterocycles. The molecule has 9 heteroatoms. The summed E-state index contributed by atoms with van der Waals surface area (Å²) in [5, 5.41) is 4.00. The van der Waals surface area contributed by atoms with Gasteiger partial charge in [-0.2, -0.15) is 5.10 Å². The molecule has 1 aliphatic heterocycles. The van der Waals surface area contributed by atoms with Crippen LogP contribution in [0.1, 0.15) is 32.4 Å². The van der Waals surface area contributed by atoms with Gasteiger partial charge in [-0.25, -0.2) is 5.43 Å². The molecule has 1 fully saturated rings. The third-order valence-corrected chi connectivity index (χ3v) is 7.23. The van der Waals surface area contributed by atoms with Crippen LogP contribution >= 0.6 is 11.8 Å². The van der Waals surface area contributed by atoms with Crippen LogP contribution in [-0.2, 0) is 11.2 Å². The van der Waals surface area contributed by atoms with E-state index in [2.05, 4.69) is 22.7 Å². The number of carbonyl (C=O) groups is 2. The molecule has 1 heterocycles. The van der Waals surface area contributed by atoms with Crippen molar-refractivity contribution in [2.45, 2.75) is 11.8 Å². The number of benzene rings is 3. The van der Waals surface area contributed by atoms with E-state index in [1.54, 1.807) is 36.0 Å². The summed E-state index contributed by atoms with van der Waals surface area (Å²) in [6, 6.07) is 20.9. The summed E-state index contributed by atoms with van der Waals surface area (Å²) in [6.45, 7) is 0.651. The molecule has 3 aromatic rings. The number of rotatable bonds is 10. The maximum absolute atomic E-state index is 12.6. The molecule has 4 rings (SSSR count). The summed E-state index contributed by atoms with van der Waals surface area (Å²) < 4.78 is 16.0. The summed E-state index contributed by atoms with van der Waals surface area (Å²) in [5.74, 6) is 1.71. The molecule has 1 aliphatic rings. The normalized spacial score (nSPS) is 15.2. The summed E-state index contributed by atoms with van der Waals surface area (Å²) in [6.07, 6.45) is 2.30. The number of hydrazone groups is 1. The second kappa shape index (κ2) is 12.3. The van der Waals surface area contributed by atoms with Crippen molar-refractivity contribution in [3.63, 3.8) is 0 Å². The van der Waals surface area contributed by atoms with Crippen LogP contribution in [0.2, 0.25) is 0 Å². The van der Waals surface area contributed by atoms with E-state index in [1.165, 1.54) is 33.1 Å². The van der Waals surface area contributed by atoms with Crippen molar-refractivity contribution < 1.29 is 23.8 Å². The number of carbonyl (C=O) groups excluding carboxylic acids is 2. The number of nitrogens with one attached hydrogen (secondary N) is 1. The minimum atomic E-state index is -0.341. The fourth-order valence-electron chi connectivity index (χ4n) is 4.07. The van der Waals surface area contributed by atoms with Crippen LogP contribution in [0.5, 0.6) is 17.2 Å². The Hall–Kier alpha value is -3.98. The standard InChI is InChI=1S/C28H29N3O5S/c1-34-23-15-20(16-24(35-2)26(23)36-3)17-29-30-27(33)21-9-11-22(12-10-21)28-31(25(32)18-37-28)14-13-19-7-5-4-6-8-19/h4-12,15-17,28H,13-14,18H2,1-3H3,(H,30,33)/b29-17-/t28-/m0/s1. The second-order valence-electron chi connectivity index (χ2n) is 8.27. The molecular weight excluding hydrogens is 490 g/mol. The minimum absolute atomic E-state index is 0.0635. The Kier molecular flexibility index (Phi) is 8.68. The Labute approximate surface area is 220 Å². The second-order valence-corrected chi connectivity index (χ2v) is 9.33. The topological polar surface area (TPSA) is 89.5 Å². The first-order chi connectivity index (χ1) is 18.0. The molecule has 0 aliphatic carbocycles. The Balaban J connectivity index is 1.39. The number of hydrogen-bond acceptors (Lipinski definition) is 7. The zero-order chi connectivity index (χ0) is 26.2. The van der Waals surface area contributed by atoms with Gasteiger partial charge in [0.2, 0.25) is 11.7 Å². The first-order valence-electron chi connectivity index (χ1n) is 11.7. The van der Waals surface area contributed by atoms with Crippen LogP contribution in [0.4, 0.5) is 0 Å². The lowest BCUT2D eigenvalue weighted by Gasteiger charge is -2.24. The lowest BCUT2D eigenvalue weighted by molar-refractivity contribution is -0.128. The lowest BCUT2D eigenvalue weighted by Crippen LogP contribution is -2.30. The van der Waals surface area contributed by atoms with Gasteiger partial charge in [-0.3, -0.25) is 9.59 Å². The Morgan fingerprint density at radius 3 is 2.32 bits per heavy atom. The molecule has 0 aromatic heterocycles. The molecule has 0 unspecified atom stereocenters. The average Bonchev–Trinajstić information content (AvgIpc) is 3.31. The molecule has 37 heavy (non-hydrogen) atoms. The van der Waals surface area contributed by atoms with Crippen molar-refractivity contribution in [2.24, 2.45) is 5.10 Å². The van der Waals surface area contributed by atoms with E-state index in [1.807, 2.05) is 35.2 Å². The first-order valence-corrected chi connectivity index (χ1v) is 12.8. The van der Waals surface area contributed by atoms with Crippen LogP contribution in [0.3, 0.4) is 0 Å². The van der Waals surface area contributed by atoms with Gasteiger partial charge in [0, 0.05) is 17.7 Å². The van der Waals surface area contributed by atoms with Crippen LogP contribution in [0, 0.1) is 0 Å². The van der Waals surface area contributed by atoms with Crippen LogP contribution < -0.4 is 19.6 Å². The van der Waals surface area contributed by atoms with Gasteiger partial charge in [-0.05, 0) is 41.8 Å². The van der Waals surface area contributed by atoms with Crippen molar-refractivity contribution in [2.75, 3.05) is 33.6 Å². The minimum Gasteiger partial charge on any atom is -0.493 e. The van der Waals surface area contributed by atoms with E-state index in [0.717, 1.165) is 12.0 Å². The third kappa shape index (κ3) is 6.24. The van der Waals surface area contributed by atoms with Crippen molar-refractivity contribution in [1.82, 2.24) is 10.3 Å². The van der Waals surface area contributed by atoms with E-state index in [-0.39, 0.29) is 17.2 Å². The predicted molar refractivity (Wildman–Crippen MR) is 145 cm³/mol. The summed E-state index contributed by atoms with van der Waals surface area (Å²) >= 11 is 1.60. The third-order valence-electron chi connectivity index (χ3n) is 5.98. The van der Waals surface area contributed by atoms with E-state index >= 15 is 0 Å². The number of hydrogen-bond donors (Lipinski definition) is 1. The molecule has 2 amide bonds. The van der Waals surface area contributed by atoms with Gasteiger partial charge >= 0.3 is 0 Å². The van der Waals surface area contributed by atoms with Crippen molar-refractivity contribution in [3.05, 3.63) is 89.0 Å². The number of nitrogens with zero attached hydrogens (tertiary/aromatic N) is 2. The zero-order valence-corrected chi connectivity index (χ0v) is 21.8. The van der Waals surface area contributed by atoms with Gasteiger partial charge in [0.15, 0.2) is 11.5 Å². The molecule has 8 nitrogen and oxygen atoms in total. The fourth-order valence-corrected chi connectivity index (χ4v) is 5.29. The van der Waals surface area contributed by atoms with E-state index < -0.39 is 0 Å². The van der Waals surface area contributed by atoms with E-state index in [0.29, 0.717) is 40.7 Å². The quantitative estimate of drug-likeness (QED) is 0.318. The van der Waals surface area contributed by atoms with Crippen molar-refractivity contribution in [3.8, 4) is 17.2 Å². The highest BCUT2D eigenvalue weighted by molar-refractivity contribution is 8.00.